The van der Waals surface area contributed by atoms with Crippen molar-refractivity contribution in [3.63, 3.8) is 0 Å². The quantitative estimate of drug-likeness (QED) is 0.267. The zero-order chi connectivity index (χ0) is 13.1. The lowest BCUT2D eigenvalue weighted by Crippen LogP contribution is -2.41. The summed E-state index contributed by atoms with van der Waals surface area (Å²) in [5.41, 5.74) is -0.0669. The number of ether oxygens (including phenoxy) is 2. The van der Waals surface area contributed by atoms with Crippen molar-refractivity contribution in [3.05, 3.63) is 0 Å². The molecule has 0 rings (SSSR count). The zero-order valence-corrected chi connectivity index (χ0v) is 13.9. The molecule has 3 nitrogen and oxygen atoms in total. The largest absolute Gasteiger partial charge is 0.374 e. The summed E-state index contributed by atoms with van der Waals surface area (Å²) in [7, 11) is 0. The van der Waals surface area contributed by atoms with E-state index < -0.39 is 0 Å². The van der Waals surface area contributed by atoms with Gasteiger partial charge in [-0.25, -0.2) is 0 Å². The van der Waals surface area contributed by atoms with Gasteiger partial charge in [0, 0.05) is 17.6 Å². The highest BCUT2D eigenvalue weighted by molar-refractivity contribution is 14.1. The summed E-state index contributed by atoms with van der Waals surface area (Å²) < 4.78 is 12.4. The van der Waals surface area contributed by atoms with Crippen LogP contribution in [0.5, 0.6) is 0 Å². The zero-order valence-electron chi connectivity index (χ0n) is 11.7. The highest BCUT2D eigenvalue weighted by atomic mass is 127. The molecule has 0 fully saturated rings. The van der Waals surface area contributed by atoms with E-state index in [4.69, 9.17) is 9.47 Å². The monoisotopic (exact) mass is 357 g/mol. The molecule has 4 heteroatoms. The highest BCUT2D eigenvalue weighted by Crippen LogP contribution is 2.15. The number of halogens is 1. The van der Waals surface area contributed by atoms with Crippen LogP contribution in [0.4, 0.5) is 0 Å². The topological polar surface area (TPSA) is 30.5 Å². The summed E-state index contributed by atoms with van der Waals surface area (Å²) in [5.74, 6) is 0.705. The maximum absolute atomic E-state index is 5.98. The van der Waals surface area contributed by atoms with Gasteiger partial charge in [0.05, 0.1) is 18.9 Å². The van der Waals surface area contributed by atoms with Gasteiger partial charge in [-0.05, 0) is 25.7 Å². The molecule has 0 amide bonds. The van der Waals surface area contributed by atoms with E-state index in [1.54, 1.807) is 0 Å². The number of nitrogens with one attached hydrogen (secondary N) is 1. The molecule has 0 saturated carbocycles. The van der Waals surface area contributed by atoms with Crippen LogP contribution < -0.4 is 5.32 Å². The summed E-state index contributed by atoms with van der Waals surface area (Å²) in [5, 5.41) is 3.30. The Morgan fingerprint density at radius 3 is 2.53 bits per heavy atom. The summed E-state index contributed by atoms with van der Waals surface area (Å²) in [4.78, 5) is 0. The molecule has 0 aliphatic heterocycles. The van der Waals surface area contributed by atoms with Crippen molar-refractivity contribution < 1.29 is 9.47 Å². The number of hydrogen-bond acceptors (Lipinski definition) is 3. The predicted octanol–water partition coefficient (Wildman–Crippen LogP) is 3.22. The third-order valence-corrected chi connectivity index (χ3v) is 3.26. The first kappa shape index (κ1) is 17.6. The standard InChI is InChI=1S/C13H28INO2/c1-5-13(4,17-8-6-12(2)3)10-15-11-16-9-7-14/h12,15H,5-11H2,1-4H3. The van der Waals surface area contributed by atoms with Gasteiger partial charge >= 0.3 is 0 Å². The molecule has 0 aromatic rings. The van der Waals surface area contributed by atoms with E-state index in [9.17, 15) is 0 Å². The van der Waals surface area contributed by atoms with Crippen LogP contribution in [0.1, 0.15) is 40.5 Å². The Hall–Kier alpha value is 0.610. The van der Waals surface area contributed by atoms with Crippen LogP contribution in [-0.4, -0.2) is 36.5 Å². The Balaban J connectivity index is 3.69. The Morgan fingerprint density at radius 1 is 1.29 bits per heavy atom. The Kier molecular flexibility index (Phi) is 10.9. The summed E-state index contributed by atoms with van der Waals surface area (Å²) >= 11 is 2.31. The summed E-state index contributed by atoms with van der Waals surface area (Å²) in [6.45, 7) is 11.9. The van der Waals surface area contributed by atoms with E-state index in [0.29, 0.717) is 12.6 Å². The van der Waals surface area contributed by atoms with Crippen molar-refractivity contribution in [2.75, 3.05) is 30.9 Å². The average molecular weight is 357 g/mol. The first-order valence-corrected chi connectivity index (χ1v) is 8.05. The van der Waals surface area contributed by atoms with E-state index in [0.717, 1.165) is 37.0 Å². The second kappa shape index (κ2) is 10.5. The molecule has 0 aromatic carbocycles. The fraction of sp³-hybridized carbons (Fsp3) is 1.00. The van der Waals surface area contributed by atoms with Crippen LogP contribution >= 0.6 is 22.6 Å². The smallest absolute Gasteiger partial charge is 0.0966 e. The minimum atomic E-state index is -0.0669. The van der Waals surface area contributed by atoms with E-state index in [1.165, 1.54) is 0 Å². The lowest BCUT2D eigenvalue weighted by Gasteiger charge is -2.29. The molecule has 0 aromatic heterocycles. The summed E-state index contributed by atoms with van der Waals surface area (Å²) in [6.07, 6.45) is 2.14. The van der Waals surface area contributed by atoms with Gasteiger partial charge in [-0.2, -0.15) is 0 Å². The van der Waals surface area contributed by atoms with Crippen LogP contribution in [0.3, 0.4) is 0 Å². The van der Waals surface area contributed by atoms with Crippen molar-refractivity contribution in [2.45, 2.75) is 46.1 Å². The molecule has 0 aliphatic carbocycles. The van der Waals surface area contributed by atoms with Crippen LogP contribution in [0.25, 0.3) is 0 Å². The molecule has 0 bridgehead atoms. The average Bonchev–Trinajstić information content (AvgIpc) is 2.28. The fourth-order valence-corrected chi connectivity index (χ4v) is 1.64. The van der Waals surface area contributed by atoms with Gasteiger partial charge in [-0.1, -0.05) is 43.4 Å². The van der Waals surface area contributed by atoms with Crippen molar-refractivity contribution in [3.8, 4) is 0 Å². The van der Waals surface area contributed by atoms with Crippen LogP contribution in [0.2, 0.25) is 0 Å². The maximum Gasteiger partial charge on any atom is 0.0966 e. The Labute approximate surface area is 120 Å². The molecule has 0 heterocycles. The molecular formula is C13H28INO2. The lowest BCUT2D eigenvalue weighted by molar-refractivity contribution is -0.0422. The van der Waals surface area contributed by atoms with Crippen molar-refractivity contribution in [2.24, 2.45) is 5.92 Å². The molecule has 1 atom stereocenters. The van der Waals surface area contributed by atoms with Gasteiger partial charge in [0.25, 0.3) is 0 Å². The third-order valence-electron chi connectivity index (χ3n) is 2.82. The Bertz CT molecular complexity index is 179. The fourth-order valence-electron chi connectivity index (χ4n) is 1.33. The second-order valence-corrected chi connectivity index (χ2v) is 6.08. The van der Waals surface area contributed by atoms with Gasteiger partial charge in [-0.3, -0.25) is 5.32 Å². The minimum Gasteiger partial charge on any atom is -0.374 e. The first-order valence-electron chi connectivity index (χ1n) is 6.52. The Morgan fingerprint density at radius 2 is 2.00 bits per heavy atom. The minimum absolute atomic E-state index is 0.0669. The lowest BCUT2D eigenvalue weighted by atomic mass is 10.0. The van der Waals surface area contributed by atoms with E-state index in [-0.39, 0.29) is 5.60 Å². The third kappa shape index (κ3) is 10.2. The molecule has 0 radical (unpaired) electrons. The summed E-state index contributed by atoms with van der Waals surface area (Å²) in [6, 6.07) is 0. The van der Waals surface area contributed by atoms with Crippen molar-refractivity contribution in [1.29, 1.82) is 0 Å². The molecule has 0 aliphatic rings. The predicted molar refractivity (Wildman–Crippen MR) is 81.8 cm³/mol. The maximum atomic E-state index is 5.98. The van der Waals surface area contributed by atoms with Gasteiger partial charge in [0.15, 0.2) is 0 Å². The molecule has 0 spiro atoms. The van der Waals surface area contributed by atoms with Crippen molar-refractivity contribution >= 4 is 22.6 Å². The van der Waals surface area contributed by atoms with Gasteiger partial charge in [0.2, 0.25) is 0 Å². The SMILES string of the molecule is CCC(C)(CNCOCCI)OCCC(C)C. The first-order chi connectivity index (χ1) is 8.04. The number of hydrogen-bond donors (Lipinski definition) is 1. The van der Waals surface area contributed by atoms with Crippen LogP contribution in [0, 0.1) is 5.92 Å². The van der Waals surface area contributed by atoms with Gasteiger partial charge in [-0.15, -0.1) is 0 Å². The molecule has 0 saturated heterocycles. The number of alkyl halides is 1. The van der Waals surface area contributed by atoms with E-state index in [2.05, 4.69) is 55.6 Å². The van der Waals surface area contributed by atoms with Crippen LogP contribution in [-0.2, 0) is 9.47 Å². The van der Waals surface area contributed by atoms with Crippen molar-refractivity contribution in [1.82, 2.24) is 5.32 Å². The molecule has 17 heavy (non-hydrogen) atoms. The molecule has 1 unspecified atom stereocenters. The molecular weight excluding hydrogens is 329 g/mol. The normalized spacial score (nSPS) is 15.2. The second-order valence-electron chi connectivity index (χ2n) is 5.00. The van der Waals surface area contributed by atoms with Gasteiger partial charge < -0.3 is 9.47 Å². The van der Waals surface area contributed by atoms with Gasteiger partial charge in [0.1, 0.15) is 0 Å². The van der Waals surface area contributed by atoms with E-state index >= 15 is 0 Å². The van der Waals surface area contributed by atoms with Crippen LogP contribution in [0.15, 0.2) is 0 Å². The van der Waals surface area contributed by atoms with E-state index in [1.807, 2.05) is 0 Å². The number of rotatable bonds is 11. The highest BCUT2D eigenvalue weighted by Gasteiger charge is 2.22. The molecule has 104 valence electrons. The molecule has 1 N–H and O–H groups in total.